The zero-order valence-corrected chi connectivity index (χ0v) is 9.35. The van der Waals surface area contributed by atoms with E-state index in [0.717, 1.165) is 12.0 Å². The predicted octanol–water partition coefficient (Wildman–Crippen LogP) is 5.38. The standard InChI is InChI=1S/C7H12.C3H6.C2H6.CH4/c1-4-5-6-7(2)3;1-3-2;1-2;/h5-6H,2,4H2,1,3H3;3H,1H2,2H3;1-2H3;1H4/b6-5-;;;. The Balaban J connectivity index is -0.0000000581. The Morgan fingerprint density at radius 1 is 1.31 bits per heavy atom. The van der Waals surface area contributed by atoms with Crippen LogP contribution in [0.3, 0.4) is 0 Å². The first-order valence-corrected chi connectivity index (χ1v) is 4.58. The fraction of sp³-hybridized carbons (Fsp3) is 0.538. The lowest BCUT2D eigenvalue weighted by molar-refractivity contribution is 1.22. The van der Waals surface area contributed by atoms with Gasteiger partial charge in [-0.1, -0.05) is 58.6 Å². The third-order valence-corrected chi connectivity index (χ3v) is 0.638. The Morgan fingerprint density at radius 3 is 1.69 bits per heavy atom. The molecular formula is C13H28. The molecule has 0 atom stereocenters. The molecule has 0 aliphatic heterocycles. The lowest BCUT2D eigenvalue weighted by atomic mass is 10.3. The minimum Gasteiger partial charge on any atom is -0.103 e. The van der Waals surface area contributed by atoms with E-state index in [-0.39, 0.29) is 7.43 Å². The molecule has 0 fully saturated rings. The summed E-state index contributed by atoms with van der Waals surface area (Å²) in [6, 6.07) is 0. The summed E-state index contributed by atoms with van der Waals surface area (Å²) in [4.78, 5) is 0. The van der Waals surface area contributed by atoms with Gasteiger partial charge in [-0.2, -0.15) is 0 Å². The van der Waals surface area contributed by atoms with E-state index in [4.69, 9.17) is 0 Å². The Bertz CT molecular complexity index is 107. The summed E-state index contributed by atoms with van der Waals surface area (Å²) in [6.45, 7) is 17.1. The molecule has 0 aliphatic rings. The normalized spacial score (nSPS) is 6.85. The second-order valence-corrected chi connectivity index (χ2v) is 2.07. The molecule has 0 aliphatic carbocycles. The van der Waals surface area contributed by atoms with Crippen molar-refractivity contribution in [3.8, 4) is 0 Å². The average molecular weight is 184 g/mol. The van der Waals surface area contributed by atoms with Gasteiger partial charge in [0, 0.05) is 0 Å². The van der Waals surface area contributed by atoms with Crippen LogP contribution in [0, 0.1) is 0 Å². The summed E-state index contributed by atoms with van der Waals surface area (Å²) in [5.41, 5.74) is 1.13. The number of allylic oxidation sites excluding steroid dienone is 4. The van der Waals surface area contributed by atoms with Crippen LogP contribution in [0.5, 0.6) is 0 Å². The molecule has 13 heavy (non-hydrogen) atoms. The third kappa shape index (κ3) is 92.0. The van der Waals surface area contributed by atoms with Crippen LogP contribution in [0.25, 0.3) is 0 Å². The summed E-state index contributed by atoms with van der Waals surface area (Å²) < 4.78 is 0. The van der Waals surface area contributed by atoms with E-state index in [1.165, 1.54) is 0 Å². The van der Waals surface area contributed by atoms with Gasteiger partial charge in [0.1, 0.15) is 0 Å². The molecule has 0 aromatic carbocycles. The highest BCUT2D eigenvalue weighted by molar-refractivity contribution is 5.10. The van der Waals surface area contributed by atoms with E-state index >= 15 is 0 Å². The summed E-state index contributed by atoms with van der Waals surface area (Å²) in [7, 11) is 0. The van der Waals surface area contributed by atoms with Crippen LogP contribution in [0.2, 0.25) is 0 Å². The zero-order chi connectivity index (χ0) is 10.4. The van der Waals surface area contributed by atoms with Gasteiger partial charge in [-0.15, -0.1) is 6.58 Å². The number of rotatable bonds is 2. The van der Waals surface area contributed by atoms with Crippen molar-refractivity contribution in [1.82, 2.24) is 0 Å². The van der Waals surface area contributed by atoms with Crippen LogP contribution in [-0.2, 0) is 0 Å². The summed E-state index contributed by atoms with van der Waals surface area (Å²) in [5, 5.41) is 0. The molecule has 0 heterocycles. The summed E-state index contributed by atoms with van der Waals surface area (Å²) in [6.07, 6.45) is 6.98. The molecule has 0 saturated heterocycles. The molecule has 0 rings (SSSR count). The number of hydrogen-bond donors (Lipinski definition) is 0. The summed E-state index contributed by atoms with van der Waals surface area (Å²) >= 11 is 0. The molecule has 0 unspecified atom stereocenters. The highest BCUT2D eigenvalue weighted by Gasteiger charge is 1.67. The molecule has 0 aromatic heterocycles. The zero-order valence-electron chi connectivity index (χ0n) is 9.35. The first-order valence-electron chi connectivity index (χ1n) is 4.58. The van der Waals surface area contributed by atoms with Crippen LogP contribution in [0.15, 0.2) is 37.0 Å². The topological polar surface area (TPSA) is 0 Å². The van der Waals surface area contributed by atoms with E-state index < -0.39 is 0 Å². The molecule has 0 bridgehead atoms. The van der Waals surface area contributed by atoms with Gasteiger partial charge in [-0.05, 0) is 20.3 Å². The van der Waals surface area contributed by atoms with E-state index in [0.29, 0.717) is 0 Å². The van der Waals surface area contributed by atoms with Gasteiger partial charge in [0.2, 0.25) is 0 Å². The van der Waals surface area contributed by atoms with E-state index in [2.05, 4.69) is 26.2 Å². The first-order chi connectivity index (χ1) is 5.68. The average Bonchev–Trinajstić information content (AvgIpc) is 2.06. The van der Waals surface area contributed by atoms with Crippen molar-refractivity contribution in [2.75, 3.05) is 0 Å². The van der Waals surface area contributed by atoms with Crippen LogP contribution >= 0.6 is 0 Å². The smallest absolute Gasteiger partial charge is 0.0376 e. The Kier molecular flexibility index (Phi) is 53.0. The maximum absolute atomic E-state index is 3.71. The molecule has 0 amide bonds. The molecule has 0 spiro atoms. The van der Waals surface area contributed by atoms with Crippen molar-refractivity contribution < 1.29 is 0 Å². The minimum absolute atomic E-state index is 0. The van der Waals surface area contributed by atoms with Gasteiger partial charge in [0.15, 0.2) is 0 Å². The molecule has 80 valence electrons. The second kappa shape index (κ2) is 30.3. The SMILES string of the molecule is C.C=C(C)/C=C\CC.C=CC.CC. The minimum atomic E-state index is 0. The lowest BCUT2D eigenvalue weighted by Crippen LogP contribution is -1.58. The number of hydrogen-bond acceptors (Lipinski definition) is 0. The monoisotopic (exact) mass is 184 g/mol. The van der Waals surface area contributed by atoms with Gasteiger partial charge < -0.3 is 0 Å². The Hall–Kier alpha value is -0.780. The van der Waals surface area contributed by atoms with Crippen molar-refractivity contribution in [3.05, 3.63) is 37.0 Å². The molecule has 0 nitrogen and oxygen atoms in total. The van der Waals surface area contributed by atoms with E-state index in [9.17, 15) is 0 Å². The van der Waals surface area contributed by atoms with Crippen molar-refractivity contribution in [1.29, 1.82) is 0 Å². The summed E-state index contributed by atoms with van der Waals surface area (Å²) in [5.74, 6) is 0. The Morgan fingerprint density at radius 2 is 1.62 bits per heavy atom. The lowest BCUT2D eigenvalue weighted by Gasteiger charge is -1.79. The van der Waals surface area contributed by atoms with Crippen LogP contribution in [-0.4, -0.2) is 0 Å². The molecule has 0 N–H and O–H groups in total. The van der Waals surface area contributed by atoms with Crippen LogP contribution in [0.1, 0.15) is 48.5 Å². The van der Waals surface area contributed by atoms with Crippen molar-refractivity contribution >= 4 is 0 Å². The highest BCUT2D eigenvalue weighted by Crippen LogP contribution is 1.89. The van der Waals surface area contributed by atoms with E-state index in [1.807, 2.05) is 33.8 Å². The fourth-order valence-corrected chi connectivity index (χ4v) is 0.319. The van der Waals surface area contributed by atoms with Crippen molar-refractivity contribution in [2.24, 2.45) is 0 Å². The van der Waals surface area contributed by atoms with Crippen molar-refractivity contribution in [3.63, 3.8) is 0 Å². The van der Waals surface area contributed by atoms with Crippen LogP contribution in [0.4, 0.5) is 0 Å². The predicted molar refractivity (Wildman–Crippen MR) is 68.2 cm³/mol. The second-order valence-electron chi connectivity index (χ2n) is 2.07. The quantitative estimate of drug-likeness (QED) is 0.399. The fourth-order valence-electron chi connectivity index (χ4n) is 0.319. The molecule has 0 aromatic rings. The highest BCUT2D eigenvalue weighted by atomic mass is 13.7. The van der Waals surface area contributed by atoms with Crippen molar-refractivity contribution in [2.45, 2.75) is 48.5 Å². The van der Waals surface area contributed by atoms with Gasteiger partial charge in [-0.3, -0.25) is 0 Å². The molecule has 0 saturated carbocycles. The third-order valence-electron chi connectivity index (χ3n) is 0.638. The maximum Gasteiger partial charge on any atom is -0.0376 e. The molecule has 0 radical (unpaired) electrons. The van der Waals surface area contributed by atoms with Gasteiger partial charge >= 0.3 is 0 Å². The maximum atomic E-state index is 3.71. The van der Waals surface area contributed by atoms with E-state index in [1.54, 1.807) is 6.08 Å². The van der Waals surface area contributed by atoms with Crippen LogP contribution < -0.4 is 0 Å². The first kappa shape index (κ1) is 22.8. The van der Waals surface area contributed by atoms with Gasteiger partial charge in [0.25, 0.3) is 0 Å². The molecular weight excluding hydrogens is 156 g/mol. The van der Waals surface area contributed by atoms with Gasteiger partial charge in [0.05, 0.1) is 0 Å². The van der Waals surface area contributed by atoms with Gasteiger partial charge in [-0.25, -0.2) is 0 Å². The molecule has 0 heteroatoms. The largest absolute Gasteiger partial charge is 0.103 e. The Labute approximate surface area is 86.1 Å².